The molecule has 0 aromatic carbocycles. The lowest BCUT2D eigenvalue weighted by atomic mass is 10.1. The van der Waals surface area contributed by atoms with Crippen LogP contribution in [0.2, 0.25) is 0 Å². The van der Waals surface area contributed by atoms with Crippen molar-refractivity contribution in [2.24, 2.45) is 0 Å². The number of nitrogens with one attached hydrogen (secondary N) is 1. The number of carbonyl (C=O) groups excluding carboxylic acids is 2. The second-order valence-corrected chi connectivity index (χ2v) is 7.19. The third-order valence-corrected chi connectivity index (χ3v) is 4.76. The van der Waals surface area contributed by atoms with Crippen molar-refractivity contribution in [2.45, 2.75) is 79.1 Å². The zero-order valence-corrected chi connectivity index (χ0v) is 17.6. The second-order valence-electron chi connectivity index (χ2n) is 7.19. The molecule has 0 radical (unpaired) electrons. The lowest BCUT2D eigenvalue weighted by Gasteiger charge is -2.08. The molecule has 0 aliphatic rings. The number of nitrogens with zero attached hydrogens (tertiary/aromatic N) is 4. The van der Waals surface area contributed by atoms with Crippen LogP contribution in [-0.2, 0) is 12.8 Å². The number of imidazole rings is 2. The van der Waals surface area contributed by atoms with E-state index in [1.54, 1.807) is 15.3 Å². The van der Waals surface area contributed by atoms with E-state index in [4.69, 9.17) is 0 Å². The van der Waals surface area contributed by atoms with Crippen molar-refractivity contribution in [2.75, 3.05) is 6.54 Å². The van der Waals surface area contributed by atoms with E-state index in [1.165, 1.54) is 0 Å². The number of hydrogen-bond donors (Lipinski definition) is 1. The zero-order valence-electron chi connectivity index (χ0n) is 17.6. The van der Waals surface area contributed by atoms with Gasteiger partial charge in [-0.1, -0.05) is 33.1 Å². The molecule has 7 nitrogen and oxygen atoms in total. The maximum atomic E-state index is 12.3. The summed E-state index contributed by atoms with van der Waals surface area (Å²) in [6.45, 7) is 8.48. The fourth-order valence-corrected chi connectivity index (χ4v) is 3.32. The Morgan fingerprint density at radius 1 is 0.857 bits per heavy atom. The van der Waals surface area contributed by atoms with Crippen LogP contribution in [0, 0.1) is 13.8 Å². The molecule has 7 heteroatoms. The summed E-state index contributed by atoms with van der Waals surface area (Å²) in [5, 5.41) is 2.95. The Hall–Kier alpha value is -2.44. The van der Waals surface area contributed by atoms with Crippen molar-refractivity contribution in [1.29, 1.82) is 0 Å². The van der Waals surface area contributed by atoms with E-state index in [-0.39, 0.29) is 11.9 Å². The normalized spacial score (nSPS) is 11.0. The topological polar surface area (TPSA) is 81.8 Å². The second kappa shape index (κ2) is 10.8. The highest BCUT2D eigenvalue weighted by molar-refractivity contribution is 5.79. The van der Waals surface area contributed by atoms with Crippen molar-refractivity contribution in [3.05, 3.63) is 35.4 Å². The van der Waals surface area contributed by atoms with E-state index >= 15 is 0 Å². The largest absolute Gasteiger partial charge is 0.337 e. The van der Waals surface area contributed by atoms with Gasteiger partial charge in [-0.2, -0.15) is 0 Å². The molecule has 1 amide bonds. The third kappa shape index (κ3) is 6.04. The highest BCUT2D eigenvalue weighted by atomic mass is 16.2. The number of aryl methyl sites for hydroxylation is 4. The number of carbonyl (C=O) groups is 2. The monoisotopic (exact) mass is 387 g/mol. The Labute approximate surface area is 167 Å². The van der Waals surface area contributed by atoms with Crippen molar-refractivity contribution in [1.82, 2.24) is 24.4 Å². The quantitative estimate of drug-likeness (QED) is 0.623. The van der Waals surface area contributed by atoms with Crippen molar-refractivity contribution in [3.63, 3.8) is 0 Å². The van der Waals surface area contributed by atoms with Crippen molar-refractivity contribution < 1.29 is 9.59 Å². The number of amides is 1. The first-order chi connectivity index (χ1) is 13.5. The van der Waals surface area contributed by atoms with Gasteiger partial charge in [-0.15, -0.1) is 0 Å². The average molecular weight is 388 g/mol. The molecular formula is C21H33N5O2. The molecule has 2 aromatic rings. The molecule has 28 heavy (non-hydrogen) atoms. The first kappa shape index (κ1) is 21.9. The molecule has 2 rings (SSSR count). The highest BCUT2D eigenvalue weighted by Gasteiger charge is 2.11. The summed E-state index contributed by atoms with van der Waals surface area (Å²) < 4.78 is 3.30. The first-order valence-electron chi connectivity index (χ1n) is 10.4. The summed E-state index contributed by atoms with van der Waals surface area (Å²) in [6.07, 6.45) is 10.6. The maximum Gasteiger partial charge on any atom is 0.327 e. The summed E-state index contributed by atoms with van der Waals surface area (Å²) >= 11 is 0. The van der Waals surface area contributed by atoms with Crippen LogP contribution < -0.4 is 5.32 Å². The summed E-state index contributed by atoms with van der Waals surface area (Å²) in [7, 11) is 0. The Kier molecular flexibility index (Phi) is 8.42. The van der Waals surface area contributed by atoms with Crippen molar-refractivity contribution in [3.8, 4) is 0 Å². The number of hydrogen-bond acceptors (Lipinski definition) is 4. The van der Waals surface area contributed by atoms with Gasteiger partial charge < -0.3 is 5.32 Å². The highest BCUT2D eigenvalue weighted by Crippen LogP contribution is 2.10. The van der Waals surface area contributed by atoms with E-state index < -0.39 is 0 Å². The smallest absolute Gasteiger partial charge is 0.327 e. The van der Waals surface area contributed by atoms with Gasteiger partial charge in [0.05, 0.1) is 11.4 Å². The van der Waals surface area contributed by atoms with Gasteiger partial charge in [0.2, 0.25) is 5.91 Å². The van der Waals surface area contributed by atoms with Crippen LogP contribution in [0.25, 0.3) is 0 Å². The maximum absolute atomic E-state index is 12.3. The molecule has 0 bridgehead atoms. The number of rotatable bonds is 10. The molecule has 0 fully saturated rings. The van der Waals surface area contributed by atoms with Gasteiger partial charge in [0.25, 0.3) is 0 Å². The molecule has 0 saturated heterocycles. The first-order valence-corrected chi connectivity index (χ1v) is 10.4. The summed E-state index contributed by atoms with van der Waals surface area (Å²) in [5.74, 6) is 1.77. The predicted molar refractivity (Wildman–Crippen MR) is 110 cm³/mol. The van der Waals surface area contributed by atoms with Gasteiger partial charge in [0.1, 0.15) is 11.6 Å². The minimum atomic E-state index is -0.106. The van der Waals surface area contributed by atoms with E-state index in [0.717, 1.165) is 68.0 Å². The Morgan fingerprint density at radius 2 is 1.39 bits per heavy atom. The molecule has 0 saturated carbocycles. The van der Waals surface area contributed by atoms with Crippen LogP contribution in [0.4, 0.5) is 4.79 Å². The third-order valence-electron chi connectivity index (χ3n) is 4.76. The minimum absolute atomic E-state index is 0.106. The molecule has 1 N–H and O–H groups in total. The molecule has 0 unspecified atom stereocenters. The summed E-state index contributed by atoms with van der Waals surface area (Å²) in [5.41, 5.74) is 1.75. The van der Waals surface area contributed by atoms with Gasteiger partial charge >= 0.3 is 6.03 Å². The van der Waals surface area contributed by atoms with Gasteiger partial charge in [-0.3, -0.25) is 13.9 Å². The lowest BCUT2D eigenvalue weighted by Crippen LogP contribution is -2.30. The zero-order chi connectivity index (χ0) is 20.5. The molecule has 154 valence electrons. The van der Waals surface area contributed by atoms with Crippen LogP contribution in [-0.4, -0.2) is 37.6 Å². The summed E-state index contributed by atoms with van der Waals surface area (Å²) in [4.78, 5) is 33.2. The van der Waals surface area contributed by atoms with Gasteiger partial charge in [0, 0.05) is 38.2 Å². The Bertz CT molecular complexity index is 725. The van der Waals surface area contributed by atoms with Gasteiger partial charge in [-0.05, 0) is 26.7 Å². The molecule has 0 aliphatic heterocycles. The van der Waals surface area contributed by atoms with Gasteiger partial charge in [-0.25, -0.2) is 14.8 Å². The van der Waals surface area contributed by atoms with E-state index in [1.807, 2.05) is 33.9 Å². The van der Waals surface area contributed by atoms with Crippen LogP contribution in [0.15, 0.2) is 12.4 Å². The average Bonchev–Trinajstić information content (AvgIpc) is 3.25. The van der Waals surface area contributed by atoms with E-state index in [0.29, 0.717) is 13.0 Å². The van der Waals surface area contributed by atoms with Crippen LogP contribution in [0.5, 0.6) is 0 Å². The van der Waals surface area contributed by atoms with E-state index in [2.05, 4.69) is 15.3 Å². The minimum Gasteiger partial charge on any atom is -0.337 e. The molecular weight excluding hydrogens is 354 g/mol. The lowest BCUT2D eigenvalue weighted by molar-refractivity contribution is 0.0895. The predicted octanol–water partition coefficient (Wildman–Crippen LogP) is 4.06. The van der Waals surface area contributed by atoms with Crippen LogP contribution >= 0.6 is 0 Å². The van der Waals surface area contributed by atoms with Gasteiger partial charge in [0.15, 0.2) is 0 Å². The van der Waals surface area contributed by atoms with Crippen molar-refractivity contribution >= 4 is 11.9 Å². The SMILES string of the molecule is CCc1nc(C)cn1C(=O)CCCCCCCNC(=O)n1cc(C)nc1CC. The van der Waals surface area contributed by atoms with Crippen LogP contribution in [0.1, 0.15) is 80.2 Å². The molecule has 0 aliphatic carbocycles. The number of unbranched alkanes of at least 4 members (excludes halogenated alkanes) is 4. The molecule has 0 spiro atoms. The standard InChI is InChI=1S/C21H33N5O2/c1-5-18-23-16(3)14-25(18)20(27)12-10-8-7-9-11-13-22-21(28)26-15-17(4)24-19(26)6-2/h14-15H,5-13H2,1-4H3,(H,22,28). The molecule has 0 atom stereocenters. The Morgan fingerprint density at radius 3 is 2.04 bits per heavy atom. The fraction of sp³-hybridized carbons (Fsp3) is 0.619. The van der Waals surface area contributed by atoms with E-state index in [9.17, 15) is 9.59 Å². The molecule has 2 heterocycles. The summed E-state index contributed by atoms with van der Waals surface area (Å²) in [6, 6.07) is -0.106. The number of aromatic nitrogens is 4. The molecule has 2 aromatic heterocycles. The van der Waals surface area contributed by atoms with Crippen LogP contribution in [0.3, 0.4) is 0 Å². The fourth-order valence-electron chi connectivity index (χ4n) is 3.32. The Balaban J connectivity index is 1.58.